The van der Waals surface area contributed by atoms with Crippen LogP contribution in [0.25, 0.3) is 6.08 Å². The maximum absolute atomic E-state index is 12.8. The summed E-state index contributed by atoms with van der Waals surface area (Å²) in [5, 5.41) is 3.17. The van der Waals surface area contributed by atoms with Crippen LogP contribution in [0, 0.1) is 0 Å². The van der Waals surface area contributed by atoms with Gasteiger partial charge in [0.1, 0.15) is 0 Å². The van der Waals surface area contributed by atoms with Crippen LogP contribution in [0.15, 0.2) is 47.4 Å². The smallest absolute Gasteiger partial charge is 0.254 e. The third-order valence-electron chi connectivity index (χ3n) is 5.32. The predicted octanol–water partition coefficient (Wildman–Crippen LogP) is 2.35. The Kier molecular flexibility index (Phi) is 4.37. The minimum atomic E-state index is -0.0819. The number of aromatic nitrogens is 1. The molecule has 1 fully saturated rings. The van der Waals surface area contributed by atoms with E-state index in [4.69, 9.17) is 0 Å². The van der Waals surface area contributed by atoms with Crippen molar-refractivity contribution in [1.82, 2.24) is 9.88 Å². The van der Waals surface area contributed by atoms with Crippen LogP contribution in [0.5, 0.6) is 0 Å². The molecule has 1 aromatic carbocycles. The van der Waals surface area contributed by atoms with E-state index in [0.717, 1.165) is 37.1 Å². The predicted molar refractivity (Wildman–Crippen MR) is 104 cm³/mol. The Morgan fingerprint density at radius 2 is 1.88 bits per heavy atom. The molecule has 0 spiro atoms. The van der Waals surface area contributed by atoms with Crippen molar-refractivity contribution >= 4 is 17.7 Å². The van der Waals surface area contributed by atoms with Crippen molar-refractivity contribution in [3.8, 4) is 0 Å². The number of piperidine rings is 1. The minimum absolute atomic E-state index is 0.0160. The Balaban J connectivity index is 1.44. The van der Waals surface area contributed by atoms with Gasteiger partial charge >= 0.3 is 0 Å². The first kappa shape index (κ1) is 16.6. The Hall–Kier alpha value is -2.82. The Morgan fingerprint density at radius 3 is 2.62 bits per heavy atom. The molecular formula is C21H23N3O2. The molecule has 5 nitrogen and oxygen atoms in total. The first-order chi connectivity index (χ1) is 12.6. The normalized spacial score (nSPS) is 16.6. The maximum atomic E-state index is 12.8. The summed E-state index contributed by atoms with van der Waals surface area (Å²) in [5.74, 6) is -0.0819. The van der Waals surface area contributed by atoms with Crippen LogP contribution in [0.3, 0.4) is 0 Å². The molecular weight excluding hydrogens is 326 g/mol. The number of nitrogens with one attached hydrogen (secondary N) is 1. The van der Waals surface area contributed by atoms with E-state index >= 15 is 0 Å². The number of hydrogen-bond acceptors (Lipinski definition) is 3. The number of pyridine rings is 1. The molecule has 134 valence electrons. The van der Waals surface area contributed by atoms with Crippen molar-refractivity contribution in [2.75, 3.05) is 18.0 Å². The number of anilines is 1. The number of benzene rings is 1. The molecule has 2 aromatic rings. The third kappa shape index (κ3) is 3.05. The molecule has 2 aliphatic rings. The second-order valence-electron chi connectivity index (χ2n) is 7.03. The lowest BCUT2D eigenvalue weighted by Crippen LogP contribution is -2.45. The summed E-state index contributed by atoms with van der Waals surface area (Å²) in [6.45, 7) is 1.86. The lowest BCUT2D eigenvalue weighted by Gasteiger charge is -2.34. The standard InChI is InChI=1S/C21H23N3O2/c1-23-14-19(17-8-5-9-18(17)21(23)26)20(25)22-15-10-12-24(13-11-15)16-6-3-2-4-7-16/h2-8,14-15H,9-13H2,1H3,(H,22,25). The number of amides is 1. The van der Waals surface area contributed by atoms with Gasteiger partial charge in [-0.25, -0.2) is 0 Å². The van der Waals surface area contributed by atoms with Crippen LogP contribution in [0.4, 0.5) is 5.69 Å². The van der Waals surface area contributed by atoms with Gasteiger partial charge in [0.15, 0.2) is 0 Å². The number of allylic oxidation sites excluding steroid dienone is 1. The van der Waals surface area contributed by atoms with Crippen molar-refractivity contribution in [3.63, 3.8) is 0 Å². The van der Waals surface area contributed by atoms with E-state index in [1.807, 2.05) is 18.2 Å². The van der Waals surface area contributed by atoms with Gasteiger partial charge < -0.3 is 14.8 Å². The number of fused-ring (bicyclic) bond motifs is 1. The van der Waals surface area contributed by atoms with Crippen LogP contribution in [-0.4, -0.2) is 29.6 Å². The molecule has 5 heteroatoms. The molecule has 0 unspecified atom stereocenters. The van der Waals surface area contributed by atoms with Gasteiger partial charge in [-0.2, -0.15) is 0 Å². The van der Waals surface area contributed by atoms with Crippen molar-refractivity contribution < 1.29 is 4.79 Å². The van der Waals surface area contributed by atoms with Crippen LogP contribution >= 0.6 is 0 Å². The summed E-state index contributed by atoms with van der Waals surface area (Å²) in [7, 11) is 1.70. The highest BCUT2D eigenvalue weighted by molar-refractivity contribution is 5.98. The Labute approximate surface area is 152 Å². The van der Waals surface area contributed by atoms with Crippen LogP contribution in [0.1, 0.15) is 34.3 Å². The molecule has 0 atom stereocenters. The third-order valence-corrected chi connectivity index (χ3v) is 5.32. The van der Waals surface area contributed by atoms with Crippen molar-refractivity contribution in [2.45, 2.75) is 25.3 Å². The molecule has 0 bridgehead atoms. The zero-order valence-electron chi connectivity index (χ0n) is 14.9. The topological polar surface area (TPSA) is 54.3 Å². The van der Waals surface area contributed by atoms with E-state index in [2.05, 4.69) is 34.5 Å². The number of hydrogen-bond donors (Lipinski definition) is 1. The number of rotatable bonds is 3. The van der Waals surface area contributed by atoms with Crippen molar-refractivity contribution in [1.29, 1.82) is 0 Å². The SMILES string of the molecule is Cn1cc(C(=O)NC2CCN(c3ccccc3)CC2)c2c(c1=O)CC=C2. The summed E-state index contributed by atoms with van der Waals surface area (Å²) < 4.78 is 1.51. The fraction of sp³-hybridized carbons (Fsp3) is 0.333. The average molecular weight is 349 g/mol. The van der Waals surface area contributed by atoms with Gasteiger partial charge in [-0.1, -0.05) is 30.4 Å². The molecule has 4 rings (SSSR count). The van der Waals surface area contributed by atoms with E-state index in [-0.39, 0.29) is 17.5 Å². The molecule has 1 saturated heterocycles. The van der Waals surface area contributed by atoms with E-state index in [1.54, 1.807) is 13.2 Å². The van der Waals surface area contributed by atoms with Gasteiger partial charge in [0, 0.05) is 43.6 Å². The van der Waals surface area contributed by atoms with Gasteiger partial charge in [-0.05, 0) is 37.0 Å². The lowest BCUT2D eigenvalue weighted by atomic mass is 10.0. The van der Waals surface area contributed by atoms with Gasteiger partial charge in [0.05, 0.1) is 5.56 Å². The number of nitrogens with zero attached hydrogens (tertiary/aromatic N) is 2. The fourth-order valence-electron chi connectivity index (χ4n) is 3.86. The van der Waals surface area contributed by atoms with E-state index in [1.165, 1.54) is 10.3 Å². The quantitative estimate of drug-likeness (QED) is 0.925. The number of carbonyl (C=O) groups is 1. The molecule has 1 N–H and O–H groups in total. The lowest BCUT2D eigenvalue weighted by molar-refractivity contribution is 0.0930. The number of para-hydroxylation sites is 1. The highest BCUT2D eigenvalue weighted by Crippen LogP contribution is 2.22. The molecule has 1 aliphatic heterocycles. The summed E-state index contributed by atoms with van der Waals surface area (Å²) in [6.07, 6.45) is 7.95. The van der Waals surface area contributed by atoms with E-state index < -0.39 is 0 Å². The van der Waals surface area contributed by atoms with Crippen molar-refractivity contribution in [3.05, 3.63) is 69.6 Å². The Bertz CT molecular complexity index is 907. The second-order valence-corrected chi connectivity index (χ2v) is 7.03. The highest BCUT2D eigenvalue weighted by atomic mass is 16.2. The number of aryl methyl sites for hydroxylation is 1. The molecule has 1 aromatic heterocycles. The second kappa shape index (κ2) is 6.83. The Morgan fingerprint density at radius 1 is 1.15 bits per heavy atom. The highest BCUT2D eigenvalue weighted by Gasteiger charge is 2.24. The van der Waals surface area contributed by atoms with Crippen molar-refractivity contribution in [2.24, 2.45) is 7.05 Å². The largest absolute Gasteiger partial charge is 0.371 e. The van der Waals surface area contributed by atoms with Crippen LogP contribution in [0.2, 0.25) is 0 Å². The van der Waals surface area contributed by atoms with Crippen LogP contribution < -0.4 is 15.8 Å². The summed E-state index contributed by atoms with van der Waals surface area (Å²) in [4.78, 5) is 27.4. The van der Waals surface area contributed by atoms with Gasteiger partial charge in [0.25, 0.3) is 11.5 Å². The van der Waals surface area contributed by atoms with Gasteiger partial charge in [0.2, 0.25) is 0 Å². The summed E-state index contributed by atoms with van der Waals surface area (Å²) in [6, 6.07) is 10.5. The van der Waals surface area contributed by atoms with Crippen LogP contribution in [-0.2, 0) is 13.5 Å². The molecule has 1 aliphatic carbocycles. The minimum Gasteiger partial charge on any atom is -0.371 e. The molecule has 0 radical (unpaired) electrons. The molecule has 26 heavy (non-hydrogen) atoms. The van der Waals surface area contributed by atoms with E-state index in [0.29, 0.717) is 12.0 Å². The number of carbonyl (C=O) groups excluding carboxylic acids is 1. The molecule has 0 saturated carbocycles. The average Bonchev–Trinajstić information content (AvgIpc) is 3.16. The zero-order chi connectivity index (χ0) is 18.1. The van der Waals surface area contributed by atoms with Gasteiger partial charge in [-0.15, -0.1) is 0 Å². The summed E-state index contributed by atoms with van der Waals surface area (Å²) >= 11 is 0. The fourth-order valence-corrected chi connectivity index (χ4v) is 3.86. The maximum Gasteiger partial charge on any atom is 0.254 e. The van der Waals surface area contributed by atoms with Gasteiger partial charge in [-0.3, -0.25) is 9.59 Å². The molecule has 1 amide bonds. The van der Waals surface area contributed by atoms with E-state index in [9.17, 15) is 9.59 Å². The monoisotopic (exact) mass is 349 g/mol. The molecule has 2 heterocycles. The summed E-state index contributed by atoms with van der Waals surface area (Å²) in [5.41, 5.74) is 3.32. The first-order valence-electron chi connectivity index (χ1n) is 9.13. The first-order valence-corrected chi connectivity index (χ1v) is 9.13. The zero-order valence-corrected chi connectivity index (χ0v) is 14.9.